The van der Waals surface area contributed by atoms with E-state index < -0.39 is 0 Å². The summed E-state index contributed by atoms with van der Waals surface area (Å²) in [6, 6.07) is 7.19. The summed E-state index contributed by atoms with van der Waals surface area (Å²) in [5.41, 5.74) is 1.33. The van der Waals surface area contributed by atoms with Gasteiger partial charge in [-0.3, -0.25) is 9.80 Å². The summed E-state index contributed by atoms with van der Waals surface area (Å²) in [7, 11) is 0. The van der Waals surface area contributed by atoms with Gasteiger partial charge in [-0.05, 0) is 49.3 Å². The van der Waals surface area contributed by atoms with Crippen molar-refractivity contribution in [1.29, 1.82) is 0 Å². The van der Waals surface area contributed by atoms with Crippen molar-refractivity contribution in [3.05, 3.63) is 23.8 Å². The van der Waals surface area contributed by atoms with Gasteiger partial charge in [-0.1, -0.05) is 13.0 Å². The Morgan fingerprint density at radius 1 is 0.957 bits per heavy atom. The van der Waals surface area contributed by atoms with Crippen LogP contribution in [0.15, 0.2) is 18.2 Å². The van der Waals surface area contributed by atoms with Gasteiger partial charge >= 0.3 is 0 Å². The Morgan fingerprint density at radius 3 is 2.48 bits per heavy atom. The van der Waals surface area contributed by atoms with Crippen LogP contribution in [0.1, 0.15) is 38.2 Å². The summed E-state index contributed by atoms with van der Waals surface area (Å²) in [6.07, 6.45) is 5.65. The Labute approximate surface area is 139 Å². The number of nitrogens with zero attached hydrogens (tertiary/aromatic N) is 2. The van der Waals surface area contributed by atoms with Gasteiger partial charge in [0.05, 0.1) is 0 Å². The summed E-state index contributed by atoms with van der Waals surface area (Å²) < 4.78 is 10.9. The smallest absolute Gasteiger partial charge is 0.231 e. The van der Waals surface area contributed by atoms with Crippen LogP contribution in [-0.4, -0.2) is 48.8 Å². The first kappa shape index (κ1) is 15.3. The number of rotatable bonds is 3. The molecule has 4 nitrogen and oxygen atoms in total. The molecule has 126 valence electrons. The minimum absolute atomic E-state index is 0.359. The summed E-state index contributed by atoms with van der Waals surface area (Å²) in [5.74, 6) is 2.72. The predicted molar refractivity (Wildman–Crippen MR) is 90.8 cm³/mol. The fraction of sp³-hybridized carbons (Fsp3) is 0.684. The SMILES string of the molecule is CC1CCC(N2CCN(Cc3ccc4c(c3)OCO4)CC2)CC1. The molecule has 3 aliphatic rings. The van der Waals surface area contributed by atoms with Crippen LogP contribution in [0.2, 0.25) is 0 Å². The first-order valence-corrected chi connectivity index (χ1v) is 9.13. The lowest BCUT2D eigenvalue weighted by molar-refractivity contribution is 0.0689. The van der Waals surface area contributed by atoms with Crippen LogP contribution in [0.25, 0.3) is 0 Å². The van der Waals surface area contributed by atoms with Gasteiger partial charge in [-0.25, -0.2) is 0 Å². The van der Waals surface area contributed by atoms with Crippen LogP contribution in [0.3, 0.4) is 0 Å². The zero-order valence-corrected chi connectivity index (χ0v) is 14.2. The molecule has 0 aromatic heterocycles. The quantitative estimate of drug-likeness (QED) is 0.855. The molecule has 0 unspecified atom stereocenters. The highest BCUT2D eigenvalue weighted by Gasteiger charge is 2.27. The lowest BCUT2D eigenvalue weighted by Crippen LogP contribution is -2.50. The van der Waals surface area contributed by atoms with E-state index in [0.717, 1.165) is 30.0 Å². The maximum Gasteiger partial charge on any atom is 0.231 e. The third-order valence-corrected chi connectivity index (χ3v) is 5.75. The molecule has 1 saturated carbocycles. The Morgan fingerprint density at radius 2 is 1.70 bits per heavy atom. The topological polar surface area (TPSA) is 24.9 Å². The van der Waals surface area contributed by atoms with E-state index in [1.807, 2.05) is 6.07 Å². The number of hydrogen-bond acceptors (Lipinski definition) is 4. The van der Waals surface area contributed by atoms with Gasteiger partial charge in [0.1, 0.15) is 0 Å². The molecule has 1 aromatic carbocycles. The molecular formula is C19H28N2O2. The second-order valence-electron chi connectivity index (χ2n) is 7.41. The monoisotopic (exact) mass is 316 g/mol. The van der Waals surface area contributed by atoms with Crippen LogP contribution >= 0.6 is 0 Å². The molecule has 4 rings (SSSR count). The molecule has 23 heavy (non-hydrogen) atoms. The van der Waals surface area contributed by atoms with Gasteiger partial charge in [-0.2, -0.15) is 0 Å². The van der Waals surface area contributed by atoms with Crippen molar-refractivity contribution in [2.24, 2.45) is 5.92 Å². The zero-order chi connectivity index (χ0) is 15.6. The number of benzene rings is 1. The van der Waals surface area contributed by atoms with Crippen LogP contribution in [0.5, 0.6) is 11.5 Å². The molecule has 0 radical (unpaired) electrons. The first-order chi connectivity index (χ1) is 11.3. The van der Waals surface area contributed by atoms with Crippen molar-refractivity contribution in [1.82, 2.24) is 9.80 Å². The molecule has 0 N–H and O–H groups in total. The summed E-state index contributed by atoms with van der Waals surface area (Å²) in [4.78, 5) is 5.31. The zero-order valence-electron chi connectivity index (χ0n) is 14.2. The Hall–Kier alpha value is -1.26. The van der Waals surface area contributed by atoms with Crippen molar-refractivity contribution in [2.75, 3.05) is 33.0 Å². The maximum absolute atomic E-state index is 5.48. The highest BCUT2D eigenvalue weighted by Crippen LogP contribution is 2.33. The van der Waals surface area contributed by atoms with E-state index in [1.165, 1.54) is 57.4 Å². The van der Waals surface area contributed by atoms with Crippen molar-refractivity contribution in [2.45, 2.75) is 45.2 Å². The van der Waals surface area contributed by atoms with E-state index in [-0.39, 0.29) is 0 Å². The normalized spacial score (nSPS) is 28.9. The molecule has 0 spiro atoms. The average molecular weight is 316 g/mol. The van der Waals surface area contributed by atoms with E-state index in [4.69, 9.17) is 9.47 Å². The number of piperazine rings is 1. The largest absolute Gasteiger partial charge is 0.454 e. The minimum atomic E-state index is 0.359. The van der Waals surface area contributed by atoms with Crippen LogP contribution in [-0.2, 0) is 6.54 Å². The molecule has 2 heterocycles. The summed E-state index contributed by atoms with van der Waals surface area (Å²) in [6.45, 7) is 8.59. The molecular weight excluding hydrogens is 288 g/mol. The first-order valence-electron chi connectivity index (χ1n) is 9.13. The number of hydrogen-bond donors (Lipinski definition) is 0. The highest BCUT2D eigenvalue weighted by molar-refractivity contribution is 5.44. The summed E-state index contributed by atoms with van der Waals surface area (Å²) in [5, 5.41) is 0. The van der Waals surface area contributed by atoms with Crippen molar-refractivity contribution in [3.63, 3.8) is 0 Å². The minimum Gasteiger partial charge on any atom is -0.454 e. The Bertz CT molecular complexity index is 532. The van der Waals surface area contributed by atoms with E-state index >= 15 is 0 Å². The molecule has 2 fully saturated rings. The van der Waals surface area contributed by atoms with Gasteiger partial charge in [0.2, 0.25) is 6.79 Å². The van der Waals surface area contributed by atoms with Crippen LogP contribution < -0.4 is 9.47 Å². The molecule has 0 atom stereocenters. The Kier molecular flexibility index (Phi) is 4.45. The highest BCUT2D eigenvalue weighted by atomic mass is 16.7. The van der Waals surface area contributed by atoms with E-state index in [2.05, 4.69) is 28.9 Å². The maximum atomic E-state index is 5.48. The standard InChI is InChI=1S/C19H28N2O2/c1-15-2-5-17(6-3-15)21-10-8-20(9-11-21)13-16-4-7-18-19(12-16)23-14-22-18/h4,7,12,15,17H,2-3,5-6,8-11,13-14H2,1H3. The third-order valence-electron chi connectivity index (χ3n) is 5.75. The summed E-state index contributed by atoms with van der Waals surface area (Å²) >= 11 is 0. The van der Waals surface area contributed by atoms with Crippen molar-refractivity contribution >= 4 is 0 Å². The lowest BCUT2D eigenvalue weighted by Gasteiger charge is -2.41. The average Bonchev–Trinajstić information content (AvgIpc) is 3.04. The van der Waals surface area contributed by atoms with E-state index in [1.54, 1.807) is 0 Å². The third kappa shape index (κ3) is 3.48. The van der Waals surface area contributed by atoms with Gasteiger partial charge < -0.3 is 9.47 Å². The van der Waals surface area contributed by atoms with Crippen molar-refractivity contribution < 1.29 is 9.47 Å². The fourth-order valence-corrected chi connectivity index (χ4v) is 4.19. The number of fused-ring (bicyclic) bond motifs is 1. The second kappa shape index (κ2) is 6.70. The molecule has 1 saturated heterocycles. The van der Waals surface area contributed by atoms with Crippen molar-refractivity contribution in [3.8, 4) is 11.5 Å². The number of ether oxygens (including phenoxy) is 2. The van der Waals surface area contributed by atoms with Crippen LogP contribution in [0.4, 0.5) is 0 Å². The van der Waals surface area contributed by atoms with Gasteiger partial charge in [0.15, 0.2) is 11.5 Å². The van der Waals surface area contributed by atoms with Gasteiger partial charge in [-0.15, -0.1) is 0 Å². The van der Waals surface area contributed by atoms with Crippen LogP contribution in [0, 0.1) is 5.92 Å². The molecule has 1 aromatic rings. The molecule has 0 amide bonds. The van der Waals surface area contributed by atoms with Gasteiger partial charge in [0.25, 0.3) is 0 Å². The van der Waals surface area contributed by atoms with Gasteiger partial charge in [0, 0.05) is 38.8 Å². The van der Waals surface area contributed by atoms with E-state index in [9.17, 15) is 0 Å². The van der Waals surface area contributed by atoms with E-state index in [0.29, 0.717) is 6.79 Å². The molecule has 4 heteroatoms. The lowest BCUT2D eigenvalue weighted by atomic mass is 9.86. The Balaban J connectivity index is 1.28. The molecule has 1 aliphatic carbocycles. The fourth-order valence-electron chi connectivity index (χ4n) is 4.19. The second-order valence-corrected chi connectivity index (χ2v) is 7.41. The molecule has 0 bridgehead atoms. The molecule has 2 aliphatic heterocycles. The predicted octanol–water partition coefficient (Wildman–Crippen LogP) is 3.11.